The Labute approximate surface area is 120 Å². The maximum absolute atomic E-state index is 11.6. The second-order valence-corrected chi connectivity index (χ2v) is 4.01. The van der Waals surface area contributed by atoms with Crippen LogP contribution in [0.4, 0.5) is 5.69 Å². The molecule has 0 saturated carbocycles. The molecule has 0 fully saturated rings. The number of hydrogen-bond acceptors (Lipinski definition) is 6. The van der Waals surface area contributed by atoms with Crippen LogP contribution in [0.5, 0.6) is 5.75 Å². The zero-order chi connectivity index (χ0) is 16.0. The first kappa shape index (κ1) is 16.4. The van der Waals surface area contributed by atoms with Crippen LogP contribution in [0.25, 0.3) is 0 Å². The van der Waals surface area contributed by atoms with Crippen molar-refractivity contribution in [3.05, 3.63) is 33.9 Å². The number of nitro groups is 1. The van der Waals surface area contributed by atoms with Crippen LogP contribution >= 0.6 is 0 Å². The number of benzene rings is 1. The molecule has 0 aliphatic heterocycles. The van der Waals surface area contributed by atoms with Gasteiger partial charge in [0.2, 0.25) is 0 Å². The molecular weight excluding hydrogens is 282 g/mol. The first-order valence-corrected chi connectivity index (χ1v) is 6.25. The molecule has 8 nitrogen and oxygen atoms in total. The molecule has 8 heteroatoms. The first-order chi connectivity index (χ1) is 9.90. The Balaban J connectivity index is 3.13. The van der Waals surface area contributed by atoms with Gasteiger partial charge in [-0.3, -0.25) is 10.1 Å². The fourth-order valence-electron chi connectivity index (χ4n) is 1.58. The van der Waals surface area contributed by atoms with Gasteiger partial charge >= 0.3 is 17.6 Å². The Morgan fingerprint density at radius 3 is 2.52 bits per heavy atom. The van der Waals surface area contributed by atoms with Crippen molar-refractivity contribution in [2.75, 3.05) is 6.61 Å². The summed E-state index contributed by atoms with van der Waals surface area (Å²) < 4.78 is 10.1. The number of ether oxygens (including phenoxy) is 2. The molecule has 0 saturated heterocycles. The van der Waals surface area contributed by atoms with Crippen LogP contribution in [0.2, 0.25) is 0 Å². The normalized spacial score (nSPS) is 11.5. The SMILES string of the molecule is CCOC(=O)C(CC)Oc1cc(C(=O)O)ccc1[N+](=O)[O-]. The van der Waals surface area contributed by atoms with Gasteiger partial charge in [-0.05, 0) is 19.4 Å². The lowest BCUT2D eigenvalue weighted by atomic mass is 10.2. The largest absolute Gasteiger partial charge is 0.478 e. The van der Waals surface area contributed by atoms with Gasteiger partial charge < -0.3 is 14.6 Å². The summed E-state index contributed by atoms with van der Waals surface area (Å²) in [6, 6.07) is 3.14. The predicted molar refractivity (Wildman–Crippen MR) is 71.4 cm³/mol. The second-order valence-electron chi connectivity index (χ2n) is 4.01. The summed E-state index contributed by atoms with van der Waals surface area (Å²) in [7, 11) is 0. The maximum Gasteiger partial charge on any atom is 0.347 e. The Morgan fingerprint density at radius 1 is 1.38 bits per heavy atom. The van der Waals surface area contributed by atoms with Crippen molar-refractivity contribution >= 4 is 17.6 Å². The minimum Gasteiger partial charge on any atom is -0.478 e. The second kappa shape index (κ2) is 7.22. The third-order valence-electron chi connectivity index (χ3n) is 2.59. The number of nitrogens with zero attached hydrogens (tertiary/aromatic N) is 1. The lowest BCUT2D eigenvalue weighted by molar-refractivity contribution is -0.386. The van der Waals surface area contributed by atoms with E-state index in [0.717, 1.165) is 18.2 Å². The number of nitro benzene ring substituents is 1. The number of carboxylic acid groups (broad SMARTS) is 1. The van der Waals surface area contributed by atoms with Gasteiger partial charge in [0.25, 0.3) is 0 Å². The van der Waals surface area contributed by atoms with E-state index < -0.39 is 28.7 Å². The molecule has 1 aromatic rings. The molecule has 1 aromatic carbocycles. The van der Waals surface area contributed by atoms with Crippen LogP contribution < -0.4 is 4.74 Å². The smallest absolute Gasteiger partial charge is 0.347 e. The van der Waals surface area contributed by atoms with E-state index in [1.54, 1.807) is 13.8 Å². The van der Waals surface area contributed by atoms with E-state index >= 15 is 0 Å². The summed E-state index contributed by atoms with van der Waals surface area (Å²) >= 11 is 0. The lowest BCUT2D eigenvalue weighted by Gasteiger charge is -2.16. The van der Waals surface area contributed by atoms with Crippen LogP contribution in [0.1, 0.15) is 30.6 Å². The average Bonchev–Trinajstić information content (AvgIpc) is 2.44. The van der Waals surface area contributed by atoms with Crippen molar-refractivity contribution in [3.63, 3.8) is 0 Å². The molecule has 0 aliphatic carbocycles. The van der Waals surface area contributed by atoms with Crippen molar-refractivity contribution in [2.24, 2.45) is 0 Å². The number of carbonyl (C=O) groups is 2. The number of carboxylic acids is 1. The van der Waals surface area contributed by atoms with Gasteiger partial charge in [0.15, 0.2) is 11.9 Å². The minimum absolute atomic E-state index is 0.149. The lowest BCUT2D eigenvalue weighted by Crippen LogP contribution is -2.29. The fourth-order valence-corrected chi connectivity index (χ4v) is 1.58. The Hall–Kier alpha value is -2.64. The summed E-state index contributed by atoms with van der Waals surface area (Å²) in [6.45, 7) is 3.42. The highest BCUT2D eigenvalue weighted by Gasteiger charge is 2.25. The van der Waals surface area contributed by atoms with Gasteiger partial charge in [-0.15, -0.1) is 0 Å². The Morgan fingerprint density at radius 2 is 2.05 bits per heavy atom. The zero-order valence-corrected chi connectivity index (χ0v) is 11.6. The van der Waals surface area contributed by atoms with Crippen molar-refractivity contribution in [2.45, 2.75) is 26.4 Å². The maximum atomic E-state index is 11.6. The van der Waals surface area contributed by atoms with Gasteiger partial charge in [0.05, 0.1) is 17.1 Å². The van der Waals surface area contributed by atoms with Gasteiger partial charge in [-0.2, -0.15) is 0 Å². The highest BCUT2D eigenvalue weighted by Crippen LogP contribution is 2.29. The van der Waals surface area contributed by atoms with E-state index in [-0.39, 0.29) is 24.3 Å². The number of rotatable bonds is 7. The van der Waals surface area contributed by atoms with Crippen LogP contribution in [0, 0.1) is 10.1 Å². The molecule has 0 amide bonds. The quantitative estimate of drug-likeness (QED) is 0.465. The van der Waals surface area contributed by atoms with E-state index in [1.165, 1.54) is 0 Å². The van der Waals surface area contributed by atoms with Gasteiger partial charge in [0.1, 0.15) is 0 Å². The van der Waals surface area contributed by atoms with Gasteiger partial charge in [-0.1, -0.05) is 6.92 Å². The molecule has 0 bridgehead atoms. The topological polar surface area (TPSA) is 116 Å². The third kappa shape index (κ3) is 4.16. The highest BCUT2D eigenvalue weighted by molar-refractivity contribution is 5.88. The Bertz CT molecular complexity index is 555. The Kier molecular flexibility index (Phi) is 5.65. The molecule has 0 aliphatic rings. The number of aromatic carboxylic acids is 1. The summed E-state index contributed by atoms with van der Waals surface area (Å²) in [4.78, 5) is 32.8. The number of carbonyl (C=O) groups excluding carboxylic acids is 1. The predicted octanol–water partition coefficient (Wildman–Crippen LogP) is 2.01. The molecule has 0 heterocycles. The monoisotopic (exact) mass is 297 g/mol. The third-order valence-corrected chi connectivity index (χ3v) is 2.59. The molecule has 1 atom stereocenters. The van der Waals surface area contributed by atoms with Crippen molar-refractivity contribution < 1.29 is 29.1 Å². The molecular formula is C13H15NO7. The van der Waals surface area contributed by atoms with Crippen molar-refractivity contribution in [1.29, 1.82) is 0 Å². The minimum atomic E-state index is -1.25. The number of esters is 1. The van der Waals surface area contributed by atoms with Gasteiger partial charge in [0, 0.05) is 12.1 Å². The summed E-state index contributed by atoms with van der Waals surface area (Å²) in [5.74, 6) is -2.19. The molecule has 114 valence electrons. The average molecular weight is 297 g/mol. The van der Waals surface area contributed by atoms with Crippen LogP contribution in [0.3, 0.4) is 0 Å². The molecule has 0 radical (unpaired) electrons. The molecule has 1 rings (SSSR count). The first-order valence-electron chi connectivity index (χ1n) is 6.25. The number of hydrogen-bond donors (Lipinski definition) is 1. The van der Waals surface area contributed by atoms with E-state index in [0.29, 0.717) is 0 Å². The van der Waals surface area contributed by atoms with Crippen molar-refractivity contribution in [3.8, 4) is 5.75 Å². The van der Waals surface area contributed by atoms with E-state index in [4.69, 9.17) is 14.6 Å². The fraction of sp³-hybridized carbons (Fsp3) is 0.385. The van der Waals surface area contributed by atoms with Crippen molar-refractivity contribution in [1.82, 2.24) is 0 Å². The molecule has 1 N–H and O–H groups in total. The summed E-state index contributed by atoms with van der Waals surface area (Å²) in [6.07, 6.45) is -0.805. The highest BCUT2D eigenvalue weighted by atomic mass is 16.6. The summed E-state index contributed by atoms with van der Waals surface area (Å²) in [5.41, 5.74) is -0.586. The van der Waals surface area contributed by atoms with Crippen LogP contribution in [-0.2, 0) is 9.53 Å². The summed E-state index contributed by atoms with van der Waals surface area (Å²) in [5, 5.41) is 19.8. The molecule has 0 spiro atoms. The van der Waals surface area contributed by atoms with E-state index in [2.05, 4.69) is 0 Å². The molecule has 1 unspecified atom stereocenters. The zero-order valence-electron chi connectivity index (χ0n) is 11.6. The van der Waals surface area contributed by atoms with Gasteiger partial charge in [-0.25, -0.2) is 9.59 Å². The standard InChI is InChI=1S/C13H15NO7/c1-3-10(13(17)20-4-2)21-11-7-8(12(15)16)5-6-9(11)14(18)19/h5-7,10H,3-4H2,1-2H3,(H,15,16). The van der Waals surface area contributed by atoms with E-state index in [9.17, 15) is 19.7 Å². The van der Waals surface area contributed by atoms with Crippen LogP contribution in [0.15, 0.2) is 18.2 Å². The molecule has 21 heavy (non-hydrogen) atoms. The van der Waals surface area contributed by atoms with Crippen LogP contribution in [-0.4, -0.2) is 34.7 Å². The van der Waals surface area contributed by atoms with E-state index in [1.807, 2.05) is 0 Å². The molecule has 0 aromatic heterocycles.